The first kappa shape index (κ1) is 25.2. The van der Waals surface area contributed by atoms with E-state index in [4.69, 9.17) is 9.72 Å². The molecule has 198 valence electrons. The number of thiazole rings is 2. The quantitative estimate of drug-likeness (QED) is 0.226. The molecule has 0 unspecified atom stereocenters. The van der Waals surface area contributed by atoms with Crippen molar-refractivity contribution in [3.8, 4) is 0 Å². The molecule has 0 aliphatic carbocycles. The number of nitrogens with one attached hydrogen (secondary N) is 1. The molecule has 2 aromatic carbocycles. The predicted octanol–water partition coefficient (Wildman–Crippen LogP) is 6.14. The minimum Gasteiger partial charge on any atom is -0.461 e. The molecule has 5 aromatic rings. The molecule has 0 amide bonds. The number of esters is 1. The molecular weight excluding hydrogens is 530 g/mol. The van der Waals surface area contributed by atoms with Gasteiger partial charge in [0.15, 0.2) is 27.6 Å². The van der Waals surface area contributed by atoms with Crippen molar-refractivity contribution in [2.75, 3.05) is 41.9 Å². The molecule has 1 aliphatic heterocycles. The largest absolute Gasteiger partial charge is 0.461 e. The van der Waals surface area contributed by atoms with Crippen LogP contribution in [0.2, 0.25) is 0 Å². The Labute approximate surface area is 234 Å². The van der Waals surface area contributed by atoms with E-state index in [0.29, 0.717) is 29.1 Å². The number of nitrogens with zero attached hydrogens (tertiary/aromatic N) is 6. The van der Waals surface area contributed by atoms with E-state index in [2.05, 4.69) is 37.5 Å². The molecule has 11 heteroatoms. The Morgan fingerprint density at radius 3 is 2.59 bits per heavy atom. The SMILES string of the molecule is CCOC(=O)c1nc(N(C)c2cc(C)c(Nc3nc4ccccc4s3)nn2)sc1C1CN(c2ccccc2)C1. The number of benzene rings is 2. The summed E-state index contributed by atoms with van der Waals surface area (Å²) in [5.74, 6) is 1.10. The molecule has 0 saturated carbocycles. The van der Waals surface area contributed by atoms with Gasteiger partial charge in [-0.3, -0.25) is 0 Å². The van der Waals surface area contributed by atoms with Gasteiger partial charge in [0, 0.05) is 36.6 Å². The van der Waals surface area contributed by atoms with E-state index in [1.165, 1.54) is 17.0 Å². The van der Waals surface area contributed by atoms with Crippen LogP contribution in [0, 0.1) is 6.92 Å². The zero-order valence-corrected chi connectivity index (χ0v) is 23.4. The molecule has 1 N–H and O–H groups in total. The number of hydrogen-bond donors (Lipinski definition) is 1. The zero-order chi connectivity index (χ0) is 26.9. The lowest BCUT2D eigenvalue weighted by atomic mass is 9.96. The number of carbonyl (C=O) groups is 1. The van der Waals surface area contributed by atoms with Gasteiger partial charge < -0.3 is 19.9 Å². The standard InChI is InChI=1S/C28H27N7O2S2/c1-4-37-26(36)23-24(18-15-35(16-18)19-10-6-5-7-11-19)39-28(30-23)34(3)22-14-17(2)25(33-32-22)31-27-29-20-12-8-9-13-21(20)38-27/h5-14,18H,4,15-16H2,1-3H3,(H,29,31,33). The Hall–Kier alpha value is -4.09. The van der Waals surface area contributed by atoms with Gasteiger partial charge in [0.05, 0.1) is 16.8 Å². The van der Waals surface area contributed by atoms with Crippen molar-refractivity contribution in [1.82, 2.24) is 20.2 Å². The molecule has 1 fully saturated rings. The molecule has 1 aliphatic rings. The number of rotatable bonds is 8. The van der Waals surface area contributed by atoms with Gasteiger partial charge >= 0.3 is 5.97 Å². The third kappa shape index (κ3) is 5.02. The lowest BCUT2D eigenvalue weighted by Crippen LogP contribution is -2.45. The van der Waals surface area contributed by atoms with E-state index in [1.807, 2.05) is 67.4 Å². The second-order valence-corrected chi connectivity index (χ2v) is 11.3. The summed E-state index contributed by atoms with van der Waals surface area (Å²) >= 11 is 3.08. The third-order valence-electron chi connectivity index (χ3n) is 6.61. The predicted molar refractivity (Wildman–Crippen MR) is 157 cm³/mol. The van der Waals surface area contributed by atoms with Gasteiger partial charge in [-0.05, 0) is 49.7 Å². The van der Waals surface area contributed by atoms with Crippen LogP contribution in [-0.4, -0.2) is 52.9 Å². The summed E-state index contributed by atoms with van der Waals surface area (Å²) < 4.78 is 6.45. The molecule has 0 atom stereocenters. The van der Waals surface area contributed by atoms with Gasteiger partial charge in [-0.25, -0.2) is 14.8 Å². The molecule has 0 radical (unpaired) electrons. The summed E-state index contributed by atoms with van der Waals surface area (Å²) in [7, 11) is 1.89. The first-order valence-electron chi connectivity index (χ1n) is 12.7. The minimum atomic E-state index is -0.390. The molecular formula is C28H27N7O2S2. The topological polar surface area (TPSA) is 96.4 Å². The molecule has 39 heavy (non-hydrogen) atoms. The zero-order valence-electron chi connectivity index (χ0n) is 21.8. The average Bonchev–Trinajstić information content (AvgIpc) is 3.54. The lowest BCUT2D eigenvalue weighted by molar-refractivity contribution is 0.0518. The van der Waals surface area contributed by atoms with Gasteiger partial charge in [-0.15, -0.1) is 21.5 Å². The molecule has 0 bridgehead atoms. The summed E-state index contributed by atoms with van der Waals surface area (Å²) in [5.41, 5.74) is 3.44. The highest BCUT2D eigenvalue weighted by Crippen LogP contribution is 2.40. The molecule has 1 saturated heterocycles. The average molecular weight is 558 g/mol. The normalized spacial score (nSPS) is 13.4. The number of aromatic nitrogens is 4. The number of anilines is 5. The van der Waals surface area contributed by atoms with Gasteiger partial charge in [-0.2, -0.15) is 0 Å². The molecule has 0 spiro atoms. The highest BCUT2D eigenvalue weighted by atomic mass is 32.1. The summed E-state index contributed by atoms with van der Waals surface area (Å²) in [6, 6.07) is 20.3. The summed E-state index contributed by atoms with van der Waals surface area (Å²) in [5, 5.41) is 13.6. The first-order chi connectivity index (χ1) is 19.0. The van der Waals surface area contributed by atoms with Crippen LogP contribution in [-0.2, 0) is 4.74 Å². The maximum Gasteiger partial charge on any atom is 0.358 e. The maximum absolute atomic E-state index is 12.8. The Morgan fingerprint density at radius 2 is 1.85 bits per heavy atom. The second-order valence-electron chi connectivity index (χ2n) is 9.27. The highest BCUT2D eigenvalue weighted by molar-refractivity contribution is 7.22. The van der Waals surface area contributed by atoms with Crippen LogP contribution in [0.4, 0.5) is 27.6 Å². The number of ether oxygens (including phenoxy) is 1. The van der Waals surface area contributed by atoms with Crippen molar-refractivity contribution in [2.24, 2.45) is 0 Å². The third-order valence-corrected chi connectivity index (χ3v) is 8.85. The molecule has 3 aromatic heterocycles. The molecule has 6 rings (SSSR count). The van der Waals surface area contributed by atoms with E-state index in [1.54, 1.807) is 18.3 Å². The van der Waals surface area contributed by atoms with Crippen molar-refractivity contribution < 1.29 is 9.53 Å². The van der Waals surface area contributed by atoms with E-state index in [9.17, 15) is 4.79 Å². The number of para-hydroxylation sites is 2. The van der Waals surface area contributed by atoms with Gasteiger partial charge in [0.25, 0.3) is 0 Å². The van der Waals surface area contributed by atoms with Crippen LogP contribution >= 0.6 is 22.7 Å². The maximum atomic E-state index is 12.8. The van der Waals surface area contributed by atoms with Crippen molar-refractivity contribution in [2.45, 2.75) is 19.8 Å². The van der Waals surface area contributed by atoms with Gasteiger partial charge in [0.2, 0.25) is 0 Å². The lowest BCUT2D eigenvalue weighted by Gasteiger charge is -2.40. The fourth-order valence-corrected chi connectivity index (χ4v) is 6.43. The molecule has 9 nitrogen and oxygen atoms in total. The summed E-state index contributed by atoms with van der Waals surface area (Å²) in [4.78, 5) is 27.3. The van der Waals surface area contributed by atoms with Crippen LogP contribution in [0.15, 0.2) is 60.7 Å². The van der Waals surface area contributed by atoms with Crippen LogP contribution < -0.4 is 15.1 Å². The van der Waals surface area contributed by atoms with Crippen LogP contribution in [0.5, 0.6) is 0 Å². The smallest absolute Gasteiger partial charge is 0.358 e. The Kier molecular flexibility index (Phi) is 6.84. The molecule has 4 heterocycles. The summed E-state index contributed by atoms with van der Waals surface area (Å²) in [6.45, 7) is 5.74. The minimum absolute atomic E-state index is 0.206. The Balaban J connectivity index is 1.22. The summed E-state index contributed by atoms with van der Waals surface area (Å²) in [6.07, 6.45) is 0. The highest BCUT2D eigenvalue weighted by Gasteiger charge is 2.35. The van der Waals surface area contributed by atoms with Gasteiger partial charge in [0.1, 0.15) is 0 Å². The van der Waals surface area contributed by atoms with E-state index >= 15 is 0 Å². The number of hydrogen-bond acceptors (Lipinski definition) is 11. The van der Waals surface area contributed by atoms with Crippen LogP contribution in [0.3, 0.4) is 0 Å². The van der Waals surface area contributed by atoms with E-state index in [0.717, 1.165) is 38.9 Å². The fraction of sp³-hybridized carbons (Fsp3) is 0.250. The number of carbonyl (C=O) groups excluding carboxylic acids is 1. The second kappa shape index (κ2) is 10.6. The van der Waals surface area contributed by atoms with Crippen LogP contribution in [0.1, 0.15) is 33.8 Å². The van der Waals surface area contributed by atoms with Crippen molar-refractivity contribution >= 4 is 66.4 Å². The van der Waals surface area contributed by atoms with Crippen molar-refractivity contribution in [1.29, 1.82) is 0 Å². The van der Waals surface area contributed by atoms with Crippen molar-refractivity contribution in [3.63, 3.8) is 0 Å². The van der Waals surface area contributed by atoms with Crippen molar-refractivity contribution in [3.05, 3.63) is 76.8 Å². The van der Waals surface area contributed by atoms with Gasteiger partial charge in [-0.1, -0.05) is 41.7 Å². The van der Waals surface area contributed by atoms with E-state index < -0.39 is 0 Å². The monoisotopic (exact) mass is 557 g/mol. The number of fused-ring (bicyclic) bond motifs is 1. The Bertz CT molecular complexity index is 1600. The number of aryl methyl sites for hydroxylation is 1. The fourth-order valence-electron chi connectivity index (χ4n) is 4.46. The first-order valence-corrected chi connectivity index (χ1v) is 14.3. The Morgan fingerprint density at radius 1 is 1.08 bits per heavy atom. The van der Waals surface area contributed by atoms with Crippen LogP contribution in [0.25, 0.3) is 10.2 Å². The van der Waals surface area contributed by atoms with E-state index in [-0.39, 0.29) is 11.9 Å².